The second-order valence-corrected chi connectivity index (χ2v) is 2.05. The molecule has 0 spiro atoms. The van der Waals surface area contributed by atoms with Gasteiger partial charge in [0, 0.05) is 26.0 Å². The van der Waals surface area contributed by atoms with Gasteiger partial charge in [0.25, 0.3) is 0 Å². The molecule has 2 nitrogen and oxygen atoms in total. The number of nitrogens with one attached hydrogen (secondary N) is 1. The standard InChI is InChI=1S/C7H14N2/c1-5-8-6-7(2)9(3)4/h5-6,8H,1H2,2-4H3/b7-6-. The van der Waals surface area contributed by atoms with Gasteiger partial charge in [0.2, 0.25) is 0 Å². The molecule has 0 atom stereocenters. The minimum Gasteiger partial charge on any atom is -0.380 e. The van der Waals surface area contributed by atoms with Crippen LogP contribution in [0.1, 0.15) is 6.92 Å². The summed E-state index contributed by atoms with van der Waals surface area (Å²) in [6, 6.07) is 0. The fourth-order valence-electron chi connectivity index (χ4n) is 0.309. The number of rotatable bonds is 3. The van der Waals surface area contributed by atoms with E-state index in [0.29, 0.717) is 0 Å². The molecule has 0 aliphatic carbocycles. The van der Waals surface area contributed by atoms with Crippen molar-refractivity contribution in [2.75, 3.05) is 14.1 Å². The number of allylic oxidation sites excluding steroid dienone is 1. The van der Waals surface area contributed by atoms with Crippen molar-refractivity contribution in [2.45, 2.75) is 6.92 Å². The van der Waals surface area contributed by atoms with Crippen molar-refractivity contribution < 1.29 is 0 Å². The Morgan fingerprint density at radius 1 is 1.56 bits per heavy atom. The zero-order valence-corrected chi connectivity index (χ0v) is 6.31. The highest BCUT2D eigenvalue weighted by Crippen LogP contribution is 1.91. The number of nitrogens with zero attached hydrogens (tertiary/aromatic N) is 1. The summed E-state index contributed by atoms with van der Waals surface area (Å²) in [6.45, 7) is 5.54. The zero-order valence-electron chi connectivity index (χ0n) is 6.31. The van der Waals surface area contributed by atoms with Crippen molar-refractivity contribution in [3.05, 3.63) is 24.7 Å². The van der Waals surface area contributed by atoms with Crippen LogP contribution in [-0.4, -0.2) is 19.0 Å². The van der Waals surface area contributed by atoms with Gasteiger partial charge in [-0.2, -0.15) is 0 Å². The van der Waals surface area contributed by atoms with Crippen LogP contribution >= 0.6 is 0 Å². The first-order valence-electron chi connectivity index (χ1n) is 2.89. The molecule has 52 valence electrons. The van der Waals surface area contributed by atoms with Gasteiger partial charge < -0.3 is 10.2 Å². The van der Waals surface area contributed by atoms with E-state index in [-0.39, 0.29) is 0 Å². The quantitative estimate of drug-likeness (QED) is 0.610. The Labute approximate surface area is 56.9 Å². The average Bonchev–Trinajstić information content (AvgIpc) is 1.82. The van der Waals surface area contributed by atoms with E-state index < -0.39 is 0 Å². The van der Waals surface area contributed by atoms with E-state index in [2.05, 4.69) is 11.9 Å². The van der Waals surface area contributed by atoms with E-state index >= 15 is 0 Å². The zero-order chi connectivity index (χ0) is 7.28. The van der Waals surface area contributed by atoms with E-state index in [1.165, 1.54) is 5.70 Å². The van der Waals surface area contributed by atoms with Crippen molar-refractivity contribution in [3.63, 3.8) is 0 Å². The van der Waals surface area contributed by atoms with Gasteiger partial charge in [-0.05, 0) is 13.1 Å². The molecule has 0 aliphatic heterocycles. The lowest BCUT2D eigenvalue weighted by atomic mass is 10.5. The van der Waals surface area contributed by atoms with Crippen molar-refractivity contribution in [3.8, 4) is 0 Å². The Morgan fingerprint density at radius 2 is 2.11 bits per heavy atom. The molecule has 0 saturated heterocycles. The highest BCUT2D eigenvalue weighted by Gasteiger charge is 1.85. The molecule has 9 heavy (non-hydrogen) atoms. The van der Waals surface area contributed by atoms with Crippen LogP contribution < -0.4 is 5.32 Å². The molecule has 1 N–H and O–H groups in total. The Balaban J connectivity index is 3.68. The molecule has 0 unspecified atom stereocenters. The van der Waals surface area contributed by atoms with Gasteiger partial charge in [0.05, 0.1) is 0 Å². The van der Waals surface area contributed by atoms with E-state index in [9.17, 15) is 0 Å². The topological polar surface area (TPSA) is 15.3 Å². The Morgan fingerprint density at radius 3 is 2.44 bits per heavy atom. The lowest BCUT2D eigenvalue weighted by Crippen LogP contribution is -2.10. The van der Waals surface area contributed by atoms with E-state index in [0.717, 1.165) is 0 Å². The highest BCUT2D eigenvalue weighted by atomic mass is 15.1. The fourth-order valence-corrected chi connectivity index (χ4v) is 0.309. The molecule has 0 aromatic heterocycles. The Hall–Kier alpha value is -0.920. The van der Waals surface area contributed by atoms with Crippen LogP contribution in [0, 0.1) is 0 Å². The molecule has 0 fully saturated rings. The monoisotopic (exact) mass is 126 g/mol. The van der Waals surface area contributed by atoms with Crippen molar-refractivity contribution in [1.29, 1.82) is 0 Å². The molecule has 0 aliphatic rings. The summed E-state index contributed by atoms with van der Waals surface area (Å²) in [5, 5.41) is 2.89. The third kappa shape index (κ3) is 3.64. The molecule has 0 aromatic rings. The maximum absolute atomic E-state index is 3.52. The Bertz CT molecular complexity index is 114. The Kier molecular flexibility index (Phi) is 3.60. The SMILES string of the molecule is C=CN/C=C(/C)N(C)C. The molecule has 0 saturated carbocycles. The lowest BCUT2D eigenvalue weighted by Gasteiger charge is -2.11. The average molecular weight is 126 g/mol. The van der Waals surface area contributed by atoms with E-state index in [4.69, 9.17) is 0 Å². The fraction of sp³-hybridized carbons (Fsp3) is 0.429. The van der Waals surface area contributed by atoms with Crippen LogP contribution in [0.5, 0.6) is 0 Å². The maximum atomic E-state index is 3.52. The van der Waals surface area contributed by atoms with E-state index in [1.807, 2.05) is 32.1 Å². The lowest BCUT2D eigenvalue weighted by molar-refractivity contribution is 0.510. The molecule has 0 rings (SSSR count). The number of hydrogen-bond donors (Lipinski definition) is 1. The molecular formula is C7H14N2. The van der Waals surface area contributed by atoms with Gasteiger partial charge in [-0.15, -0.1) is 0 Å². The third-order valence-electron chi connectivity index (χ3n) is 1.12. The van der Waals surface area contributed by atoms with Gasteiger partial charge in [-0.25, -0.2) is 0 Å². The van der Waals surface area contributed by atoms with Crippen LogP contribution in [0.3, 0.4) is 0 Å². The smallest absolute Gasteiger partial charge is 0.0259 e. The first-order valence-corrected chi connectivity index (χ1v) is 2.89. The van der Waals surface area contributed by atoms with Crippen LogP contribution in [-0.2, 0) is 0 Å². The molecule has 0 aromatic carbocycles. The summed E-state index contributed by atoms with van der Waals surface area (Å²) in [5.41, 5.74) is 1.18. The first kappa shape index (κ1) is 8.08. The first-order chi connectivity index (χ1) is 4.18. The summed E-state index contributed by atoms with van der Waals surface area (Å²) < 4.78 is 0. The largest absolute Gasteiger partial charge is 0.380 e. The summed E-state index contributed by atoms with van der Waals surface area (Å²) in [6.07, 6.45) is 3.54. The predicted octanol–water partition coefficient (Wildman–Crippen LogP) is 1.14. The van der Waals surface area contributed by atoms with Gasteiger partial charge in [-0.1, -0.05) is 6.58 Å². The third-order valence-corrected chi connectivity index (χ3v) is 1.12. The number of hydrogen-bond acceptors (Lipinski definition) is 2. The summed E-state index contributed by atoms with van der Waals surface area (Å²) in [7, 11) is 3.99. The predicted molar refractivity (Wildman–Crippen MR) is 40.8 cm³/mol. The second-order valence-electron chi connectivity index (χ2n) is 2.05. The molecule has 0 amide bonds. The normalized spacial score (nSPS) is 10.8. The molecule has 0 radical (unpaired) electrons. The van der Waals surface area contributed by atoms with E-state index in [1.54, 1.807) is 6.20 Å². The van der Waals surface area contributed by atoms with Crippen LogP contribution in [0.4, 0.5) is 0 Å². The molecule has 2 heteroatoms. The van der Waals surface area contributed by atoms with Gasteiger partial charge >= 0.3 is 0 Å². The van der Waals surface area contributed by atoms with Crippen LogP contribution in [0.15, 0.2) is 24.7 Å². The van der Waals surface area contributed by atoms with Crippen LogP contribution in [0.25, 0.3) is 0 Å². The molecule has 0 heterocycles. The molecule has 0 bridgehead atoms. The second kappa shape index (κ2) is 4.01. The van der Waals surface area contributed by atoms with Gasteiger partial charge in [0.1, 0.15) is 0 Å². The summed E-state index contributed by atoms with van der Waals surface area (Å²) >= 11 is 0. The van der Waals surface area contributed by atoms with Crippen molar-refractivity contribution in [1.82, 2.24) is 10.2 Å². The van der Waals surface area contributed by atoms with Gasteiger partial charge in [0.15, 0.2) is 0 Å². The molecular weight excluding hydrogens is 112 g/mol. The minimum absolute atomic E-state index is 1.18. The summed E-state index contributed by atoms with van der Waals surface area (Å²) in [5.74, 6) is 0. The summed E-state index contributed by atoms with van der Waals surface area (Å²) in [4.78, 5) is 2.02. The van der Waals surface area contributed by atoms with Gasteiger partial charge in [-0.3, -0.25) is 0 Å². The highest BCUT2D eigenvalue weighted by molar-refractivity contribution is 4.95. The van der Waals surface area contributed by atoms with Crippen molar-refractivity contribution >= 4 is 0 Å². The maximum Gasteiger partial charge on any atom is 0.0259 e. The van der Waals surface area contributed by atoms with Crippen molar-refractivity contribution in [2.24, 2.45) is 0 Å². The van der Waals surface area contributed by atoms with Crippen LogP contribution in [0.2, 0.25) is 0 Å². The minimum atomic E-state index is 1.18.